The van der Waals surface area contributed by atoms with E-state index in [2.05, 4.69) is 0 Å². The predicted octanol–water partition coefficient (Wildman–Crippen LogP) is -1.10. The van der Waals surface area contributed by atoms with Gasteiger partial charge in [-0.3, -0.25) is 4.55 Å². The van der Waals surface area contributed by atoms with Crippen LogP contribution in [0.5, 0.6) is 0 Å². The van der Waals surface area contributed by atoms with Crippen molar-refractivity contribution in [2.75, 3.05) is 26.4 Å². The molecule has 0 aliphatic carbocycles. The molecule has 8 heteroatoms. The molecule has 0 unspecified atom stereocenters. The molecule has 0 aliphatic rings. The maximum Gasteiger partial charge on any atom is 0.333 e. The Hall–Kier alpha value is -0.250. The number of aliphatic hydroxyl groups is 3. The summed E-state index contributed by atoms with van der Waals surface area (Å²) in [5, 5.41) is 26.9. The van der Waals surface area contributed by atoms with Crippen LogP contribution in [0.4, 0.5) is 0 Å². The predicted molar refractivity (Wildman–Crippen MR) is 61.7 cm³/mol. The summed E-state index contributed by atoms with van der Waals surface area (Å²) in [5.41, 5.74) is -0.518. The molecule has 0 spiro atoms. The molecule has 7 nitrogen and oxygen atoms in total. The van der Waals surface area contributed by atoms with Crippen molar-refractivity contribution in [2.24, 2.45) is 5.41 Å². The van der Waals surface area contributed by atoms with Gasteiger partial charge < -0.3 is 15.3 Å². The normalized spacial score (nSPS) is 12.9. The number of aliphatic hydroxyl groups excluding tert-OH is 3. The Morgan fingerprint density at radius 3 is 1.59 bits per heavy atom. The van der Waals surface area contributed by atoms with Crippen LogP contribution < -0.4 is 4.72 Å². The second-order valence-corrected chi connectivity index (χ2v) is 5.28. The van der Waals surface area contributed by atoms with Gasteiger partial charge in [0.15, 0.2) is 0 Å². The molecular weight excluding hydrogens is 250 g/mol. The fourth-order valence-corrected chi connectivity index (χ4v) is 2.27. The molecule has 0 amide bonds. The van der Waals surface area contributed by atoms with Gasteiger partial charge in [-0.05, 0) is 31.1 Å². The largest absolute Gasteiger partial charge is 0.396 e. The van der Waals surface area contributed by atoms with Gasteiger partial charge in [-0.25, -0.2) is 0 Å². The van der Waals surface area contributed by atoms with Crippen molar-refractivity contribution in [1.82, 2.24) is 4.72 Å². The van der Waals surface area contributed by atoms with Crippen LogP contribution in [0, 0.1) is 5.41 Å². The summed E-state index contributed by atoms with van der Waals surface area (Å²) in [5.74, 6) is 0. The second kappa shape index (κ2) is 7.96. The van der Waals surface area contributed by atoms with E-state index in [4.69, 9.17) is 19.9 Å². The summed E-state index contributed by atoms with van der Waals surface area (Å²) < 4.78 is 31.4. The summed E-state index contributed by atoms with van der Waals surface area (Å²) in [7, 11) is -4.23. The highest BCUT2D eigenvalue weighted by molar-refractivity contribution is 7.83. The lowest BCUT2D eigenvalue weighted by Crippen LogP contribution is -2.32. The van der Waals surface area contributed by atoms with Gasteiger partial charge in [-0.2, -0.15) is 13.1 Å². The van der Waals surface area contributed by atoms with Crippen molar-refractivity contribution in [3.8, 4) is 0 Å². The molecule has 0 saturated heterocycles. The average Bonchev–Trinajstić information content (AvgIpc) is 2.16. The first-order chi connectivity index (χ1) is 7.89. The lowest BCUT2D eigenvalue weighted by molar-refractivity contribution is 0.0925. The van der Waals surface area contributed by atoms with Gasteiger partial charge in [0, 0.05) is 26.4 Å². The maximum absolute atomic E-state index is 10.5. The first-order valence-corrected chi connectivity index (χ1v) is 6.88. The topological polar surface area (TPSA) is 127 Å². The molecule has 0 radical (unpaired) electrons. The van der Waals surface area contributed by atoms with E-state index >= 15 is 0 Å². The van der Waals surface area contributed by atoms with E-state index in [9.17, 15) is 8.42 Å². The molecule has 17 heavy (non-hydrogen) atoms. The summed E-state index contributed by atoms with van der Waals surface area (Å²) in [4.78, 5) is 0. The molecule has 0 heterocycles. The third kappa shape index (κ3) is 7.63. The Balaban J connectivity index is 4.43. The van der Waals surface area contributed by atoms with Gasteiger partial charge >= 0.3 is 10.3 Å². The Labute approximate surface area is 101 Å². The minimum absolute atomic E-state index is 0.00116. The zero-order chi connectivity index (χ0) is 13.4. The molecule has 0 aromatic carbocycles. The van der Waals surface area contributed by atoms with E-state index in [1.165, 1.54) is 0 Å². The standard InChI is InChI=1S/C9H21NO6S/c11-6-2-9(3-7-12,4-8-13)1-5-10-17(14,15)16/h10-13H,1-8H2,(H,14,15,16). The smallest absolute Gasteiger partial charge is 0.333 e. The van der Waals surface area contributed by atoms with E-state index < -0.39 is 15.7 Å². The fraction of sp³-hybridized carbons (Fsp3) is 1.00. The molecule has 0 fully saturated rings. The van der Waals surface area contributed by atoms with Crippen LogP contribution in [0.1, 0.15) is 25.7 Å². The third-order valence-electron chi connectivity index (χ3n) is 2.87. The number of nitrogens with one attached hydrogen (secondary N) is 1. The average molecular weight is 271 g/mol. The highest BCUT2D eigenvalue weighted by atomic mass is 32.2. The van der Waals surface area contributed by atoms with Crippen molar-refractivity contribution in [1.29, 1.82) is 0 Å². The van der Waals surface area contributed by atoms with Crippen molar-refractivity contribution < 1.29 is 28.3 Å². The molecule has 0 rings (SSSR count). The van der Waals surface area contributed by atoms with Gasteiger partial charge in [-0.1, -0.05) is 0 Å². The van der Waals surface area contributed by atoms with Crippen LogP contribution in [0.15, 0.2) is 0 Å². The third-order valence-corrected chi connectivity index (χ3v) is 3.44. The monoisotopic (exact) mass is 271 g/mol. The zero-order valence-electron chi connectivity index (χ0n) is 9.67. The minimum Gasteiger partial charge on any atom is -0.396 e. The first-order valence-electron chi connectivity index (χ1n) is 5.44. The van der Waals surface area contributed by atoms with Gasteiger partial charge in [-0.15, -0.1) is 0 Å². The van der Waals surface area contributed by atoms with Crippen LogP contribution in [0.25, 0.3) is 0 Å². The van der Waals surface area contributed by atoms with E-state index in [-0.39, 0.29) is 26.4 Å². The minimum atomic E-state index is -4.23. The first kappa shape index (κ1) is 16.8. The van der Waals surface area contributed by atoms with Gasteiger partial charge in [0.25, 0.3) is 0 Å². The molecule has 0 bridgehead atoms. The fourth-order valence-electron chi connectivity index (χ4n) is 1.91. The van der Waals surface area contributed by atoms with E-state index in [1.807, 2.05) is 4.72 Å². The van der Waals surface area contributed by atoms with Crippen molar-refractivity contribution in [3.05, 3.63) is 0 Å². The Bertz CT molecular complexity index is 275. The number of rotatable bonds is 10. The Morgan fingerprint density at radius 2 is 1.29 bits per heavy atom. The van der Waals surface area contributed by atoms with E-state index in [0.717, 1.165) is 0 Å². The zero-order valence-corrected chi connectivity index (χ0v) is 10.5. The lowest BCUT2D eigenvalue weighted by Gasteiger charge is -2.32. The molecular formula is C9H21NO6S. The summed E-state index contributed by atoms with van der Waals surface area (Å²) in [6.45, 7) is -0.317. The van der Waals surface area contributed by atoms with Crippen molar-refractivity contribution in [2.45, 2.75) is 25.7 Å². The SMILES string of the molecule is O=S(=O)(O)NCCC(CCO)(CCO)CCO. The molecule has 5 N–H and O–H groups in total. The molecule has 0 aliphatic heterocycles. The molecule has 0 aromatic rings. The van der Waals surface area contributed by atoms with E-state index in [1.54, 1.807) is 0 Å². The number of hydrogen-bond acceptors (Lipinski definition) is 5. The van der Waals surface area contributed by atoms with Crippen LogP contribution in [0.2, 0.25) is 0 Å². The van der Waals surface area contributed by atoms with Gasteiger partial charge in [0.05, 0.1) is 0 Å². The second-order valence-electron chi connectivity index (χ2n) is 4.04. The lowest BCUT2D eigenvalue weighted by atomic mass is 9.76. The van der Waals surface area contributed by atoms with Crippen molar-refractivity contribution >= 4 is 10.3 Å². The van der Waals surface area contributed by atoms with Gasteiger partial charge in [0.2, 0.25) is 0 Å². The quantitative estimate of drug-likeness (QED) is 0.321. The van der Waals surface area contributed by atoms with Crippen molar-refractivity contribution in [3.63, 3.8) is 0 Å². The van der Waals surface area contributed by atoms with E-state index in [0.29, 0.717) is 25.7 Å². The molecule has 0 aromatic heterocycles. The summed E-state index contributed by atoms with van der Waals surface area (Å²) in [6, 6.07) is 0. The highest BCUT2D eigenvalue weighted by Crippen LogP contribution is 2.33. The van der Waals surface area contributed by atoms with Crippen LogP contribution in [-0.4, -0.2) is 54.7 Å². The summed E-state index contributed by atoms with van der Waals surface area (Å²) >= 11 is 0. The van der Waals surface area contributed by atoms with Gasteiger partial charge in [0.1, 0.15) is 0 Å². The Kier molecular flexibility index (Phi) is 7.84. The molecule has 0 saturated carbocycles. The number of hydrogen-bond donors (Lipinski definition) is 5. The van der Waals surface area contributed by atoms with Crippen LogP contribution in [0.3, 0.4) is 0 Å². The van der Waals surface area contributed by atoms with Crippen LogP contribution >= 0.6 is 0 Å². The van der Waals surface area contributed by atoms with Crippen LogP contribution in [-0.2, 0) is 10.3 Å². The molecule has 0 atom stereocenters. The molecule has 104 valence electrons. The Morgan fingerprint density at radius 1 is 0.882 bits per heavy atom. The maximum atomic E-state index is 10.5. The highest BCUT2D eigenvalue weighted by Gasteiger charge is 2.28. The summed E-state index contributed by atoms with van der Waals surface area (Å²) in [6.07, 6.45) is 1.41.